The van der Waals surface area contributed by atoms with Gasteiger partial charge in [-0.25, -0.2) is 0 Å². The Labute approximate surface area is 157 Å². The molecule has 0 aliphatic carbocycles. The lowest BCUT2D eigenvalue weighted by atomic mass is 9.79. The van der Waals surface area contributed by atoms with Gasteiger partial charge < -0.3 is 0 Å². The van der Waals surface area contributed by atoms with E-state index in [0.29, 0.717) is 10.9 Å². The third-order valence-corrected chi connectivity index (χ3v) is 5.11. The van der Waals surface area contributed by atoms with E-state index in [4.69, 9.17) is 0 Å². The number of nitrogens with zero attached hydrogens (tertiary/aromatic N) is 1. The van der Waals surface area contributed by atoms with Crippen molar-refractivity contribution in [3.8, 4) is 0 Å². The van der Waals surface area contributed by atoms with Crippen molar-refractivity contribution in [3.05, 3.63) is 47.5 Å². The van der Waals surface area contributed by atoms with Crippen LogP contribution in [0, 0.1) is 0 Å². The summed E-state index contributed by atoms with van der Waals surface area (Å²) >= 11 is 0. The predicted octanol–water partition coefficient (Wildman–Crippen LogP) is 5.26. The summed E-state index contributed by atoms with van der Waals surface area (Å²) in [5, 5.41) is 2.40. The molecule has 0 bridgehead atoms. The van der Waals surface area contributed by atoms with Crippen LogP contribution in [0.4, 0.5) is 13.2 Å². The van der Waals surface area contributed by atoms with Crippen molar-refractivity contribution in [2.45, 2.75) is 64.2 Å². The number of hydrogen-bond donors (Lipinski definition) is 1. The largest absolute Gasteiger partial charge is 0.409 e. The zero-order valence-corrected chi connectivity index (χ0v) is 16.2. The van der Waals surface area contributed by atoms with Crippen molar-refractivity contribution in [1.29, 1.82) is 0 Å². The third-order valence-electron chi connectivity index (χ3n) is 5.11. The Hall–Kier alpha value is -2.08. The molecule has 1 N–H and O–H groups in total. The quantitative estimate of drug-likeness (QED) is 0.773. The average molecular weight is 378 g/mol. The van der Waals surface area contributed by atoms with Gasteiger partial charge in [0.15, 0.2) is 6.04 Å². The van der Waals surface area contributed by atoms with E-state index < -0.39 is 29.1 Å². The number of carbonyl (C=O) groups is 1. The minimum atomic E-state index is -4.56. The standard InChI is InChI=1S/C21H25F3N2O/c1-19(2,3)15-11-10-13-8-6-7-9-14(13)17(15)18(21(22,23)24)26-20(4,5)12-16(27)25-26/h6-11,18H,12H2,1-5H3,(H,25,27)/t18-/m0/s1. The van der Waals surface area contributed by atoms with Gasteiger partial charge in [0.25, 0.3) is 0 Å². The van der Waals surface area contributed by atoms with Crippen LogP contribution in [0.25, 0.3) is 10.8 Å². The van der Waals surface area contributed by atoms with Gasteiger partial charge in [-0.1, -0.05) is 57.2 Å². The first-order chi connectivity index (χ1) is 12.3. The predicted molar refractivity (Wildman–Crippen MR) is 100 cm³/mol. The van der Waals surface area contributed by atoms with Crippen LogP contribution in [0.3, 0.4) is 0 Å². The Morgan fingerprint density at radius 3 is 2.22 bits per heavy atom. The van der Waals surface area contributed by atoms with E-state index in [-0.39, 0.29) is 12.0 Å². The maximum atomic E-state index is 14.4. The number of fused-ring (bicyclic) bond motifs is 1. The Kier molecular flexibility index (Phi) is 4.54. The van der Waals surface area contributed by atoms with Gasteiger partial charge >= 0.3 is 6.18 Å². The van der Waals surface area contributed by atoms with Crippen molar-refractivity contribution in [3.63, 3.8) is 0 Å². The number of amides is 1. The molecule has 1 fully saturated rings. The lowest BCUT2D eigenvalue weighted by Gasteiger charge is -2.40. The van der Waals surface area contributed by atoms with Gasteiger partial charge in [-0.05, 0) is 41.2 Å². The molecule has 27 heavy (non-hydrogen) atoms. The van der Waals surface area contributed by atoms with Crippen molar-refractivity contribution in [2.75, 3.05) is 0 Å². The highest BCUT2D eigenvalue weighted by Gasteiger charge is 2.54. The number of benzene rings is 2. The second kappa shape index (κ2) is 6.23. The fraction of sp³-hybridized carbons (Fsp3) is 0.476. The highest BCUT2D eigenvalue weighted by Crippen LogP contribution is 2.47. The first-order valence-corrected chi connectivity index (χ1v) is 9.00. The van der Waals surface area contributed by atoms with E-state index >= 15 is 0 Å². The van der Waals surface area contributed by atoms with Crippen LogP contribution < -0.4 is 5.43 Å². The number of nitrogens with one attached hydrogen (secondary N) is 1. The lowest BCUT2D eigenvalue weighted by Crippen LogP contribution is -2.52. The summed E-state index contributed by atoms with van der Waals surface area (Å²) in [6, 6.07) is 8.81. The van der Waals surface area contributed by atoms with E-state index in [9.17, 15) is 18.0 Å². The maximum absolute atomic E-state index is 14.4. The lowest BCUT2D eigenvalue weighted by molar-refractivity contribution is -0.203. The van der Waals surface area contributed by atoms with Crippen LogP contribution in [-0.2, 0) is 10.2 Å². The Morgan fingerprint density at radius 1 is 1.07 bits per heavy atom. The second-order valence-electron chi connectivity index (χ2n) is 8.84. The molecule has 2 aromatic rings. The van der Waals surface area contributed by atoms with E-state index in [1.165, 1.54) is 0 Å². The molecule has 2 aromatic carbocycles. The summed E-state index contributed by atoms with van der Waals surface area (Å²) in [5.41, 5.74) is 1.86. The summed E-state index contributed by atoms with van der Waals surface area (Å²) in [7, 11) is 0. The van der Waals surface area contributed by atoms with Crippen LogP contribution in [0.5, 0.6) is 0 Å². The fourth-order valence-corrected chi connectivity index (χ4v) is 3.90. The Morgan fingerprint density at radius 2 is 1.70 bits per heavy atom. The minimum Gasteiger partial charge on any atom is -0.287 e. The topological polar surface area (TPSA) is 32.3 Å². The third kappa shape index (κ3) is 3.55. The minimum absolute atomic E-state index is 0.0230. The molecular formula is C21H25F3N2O. The maximum Gasteiger partial charge on any atom is 0.409 e. The molecule has 1 atom stereocenters. The number of hydrogen-bond acceptors (Lipinski definition) is 2. The molecule has 6 heteroatoms. The molecule has 146 valence electrons. The molecule has 1 aliphatic heterocycles. The first-order valence-electron chi connectivity index (χ1n) is 9.00. The second-order valence-corrected chi connectivity index (χ2v) is 8.84. The van der Waals surface area contributed by atoms with Gasteiger partial charge in [0.05, 0.1) is 0 Å². The number of alkyl halides is 3. The van der Waals surface area contributed by atoms with Gasteiger partial charge in [0.2, 0.25) is 5.91 Å². The van der Waals surface area contributed by atoms with Gasteiger partial charge in [-0.3, -0.25) is 10.2 Å². The SMILES string of the molecule is CC(C)(C)c1ccc2ccccc2c1[C@H](N1NC(=O)CC1(C)C)C(F)(F)F. The smallest absolute Gasteiger partial charge is 0.287 e. The number of halogens is 3. The molecule has 0 saturated carbocycles. The van der Waals surface area contributed by atoms with Crippen molar-refractivity contribution in [1.82, 2.24) is 10.4 Å². The van der Waals surface area contributed by atoms with E-state index in [2.05, 4.69) is 5.43 Å². The highest BCUT2D eigenvalue weighted by atomic mass is 19.4. The van der Waals surface area contributed by atoms with E-state index in [1.807, 2.05) is 39.0 Å². The number of hydrazine groups is 1. The van der Waals surface area contributed by atoms with Gasteiger partial charge in [-0.15, -0.1) is 0 Å². The van der Waals surface area contributed by atoms with Crippen LogP contribution >= 0.6 is 0 Å². The molecule has 1 heterocycles. The normalized spacial score (nSPS) is 19.3. The Bertz CT molecular complexity index is 881. The zero-order valence-electron chi connectivity index (χ0n) is 16.2. The van der Waals surface area contributed by atoms with E-state index in [1.54, 1.807) is 32.0 Å². The van der Waals surface area contributed by atoms with Crippen molar-refractivity contribution < 1.29 is 18.0 Å². The fourth-order valence-electron chi connectivity index (χ4n) is 3.90. The summed E-state index contributed by atoms with van der Waals surface area (Å²) in [6.45, 7) is 9.03. The molecule has 0 aromatic heterocycles. The van der Waals surface area contributed by atoms with Crippen LogP contribution in [0.2, 0.25) is 0 Å². The Balaban J connectivity index is 2.36. The summed E-state index contributed by atoms with van der Waals surface area (Å²) in [6.07, 6.45) is -4.53. The summed E-state index contributed by atoms with van der Waals surface area (Å²) in [4.78, 5) is 12.0. The van der Waals surface area contributed by atoms with Gasteiger partial charge in [0, 0.05) is 12.0 Å². The highest BCUT2D eigenvalue weighted by molar-refractivity contribution is 5.88. The zero-order chi connectivity index (χ0) is 20.2. The van der Waals surface area contributed by atoms with Gasteiger partial charge in [-0.2, -0.15) is 18.2 Å². The summed E-state index contributed by atoms with van der Waals surface area (Å²) in [5.74, 6) is -0.396. The molecule has 0 spiro atoms. The van der Waals surface area contributed by atoms with Crippen LogP contribution in [0.1, 0.15) is 58.2 Å². The number of rotatable bonds is 2. The van der Waals surface area contributed by atoms with Crippen LogP contribution in [-0.4, -0.2) is 22.6 Å². The first kappa shape index (κ1) is 19.7. The summed E-state index contributed by atoms with van der Waals surface area (Å²) < 4.78 is 43.3. The molecule has 1 saturated heterocycles. The molecular weight excluding hydrogens is 353 g/mol. The molecule has 0 radical (unpaired) electrons. The molecule has 0 unspecified atom stereocenters. The molecule has 1 aliphatic rings. The molecule has 3 nitrogen and oxygen atoms in total. The van der Waals surface area contributed by atoms with Gasteiger partial charge in [0.1, 0.15) is 0 Å². The van der Waals surface area contributed by atoms with E-state index in [0.717, 1.165) is 10.4 Å². The monoisotopic (exact) mass is 378 g/mol. The average Bonchev–Trinajstić information content (AvgIpc) is 2.77. The van der Waals surface area contributed by atoms with Crippen LogP contribution in [0.15, 0.2) is 36.4 Å². The number of carbonyl (C=O) groups excluding carboxylic acids is 1. The van der Waals surface area contributed by atoms with Crippen molar-refractivity contribution >= 4 is 16.7 Å². The molecule has 3 rings (SSSR count). The molecule has 1 amide bonds. The van der Waals surface area contributed by atoms with Crippen molar-refractivity contribution in [2.24, 2.45) is 0 Å².